The van der Waals surface area contributed by atoms with Crippen LogP contribution in [0.1, 0.15) is 43.5 Å². The highest BCUT2D eigenvalue weighted by Gasteiger charge is 2.41. The van der Waals surface area contributed by atoms with E-state index in [1.165, 1.54) is 0 Å². The van der Waals surface area contributed by atoms with Gasteiger partial charge in [-0.2, -0.15) is 4.98 Å². The number of hydrogen-bond donors (Lipinski definition) is 5. The van der Waals surface area contributed by atoms with Crippen molar-refractivity contribution in [1.29, 1.82) is 0 Å². The lowest BCUT2D eigenvalue weighted by Gasteiger charge is -2.21. The van der Waals surface area contributed by atoms with E-state index in [1.54, 1.807) is 18.4 Å². The molecule has 0 bridgehead atoms. The molecule has 10 nitrogen and oxygen atoms in total. The molecule has 0 radical (unpaired) electrons. The predicted molar refractivity (Wildman–Crippen MR) is 135 cm³/mol. The van der Waals surface area contributed by atoms with E-state index in [2.05, 4.69) is 20.6 Å². The number of methoxy groups -OCH3 is 1. The summed E-state index contributed by atoms with van der Waals surface area (Å²) >= 11 is 1.57. The number of ether oxygens (including phenoxy) is 1. The van der Waals surface area contributed by atoms with Gasteiger partial charge in [0.05, 0.1) is 39.9 Å². The number of nitrogens with one attached hydrogen (secondary N) is 2. The van der Waals surface area contributed by atoms with Crippen LogP contribution < -0.4 is 10.6 Å². The summed E-state index contributed by atoms with van der Waals surface area (Å²) in [6.07, 6.45) is 2.49. The van der Waals surface area contributed by atoms with Gasteiger partial charge in [0.25, 0.3) is 0 Å². The van der Waals surface area contributed by atoms with Crippen LogP contribution in [-0.2, 0) is 4.74 Å². The standard InChI is InChI=1S/C24H32N6O4S/c1-11(34-3)9-26-24-27-12(2)17(22(30-24)28-15-8-14(10-31)20(32)21(15)33)23-29-19-16(35-23)6-7-25-18(19)13-4-5-13/h6-7,11,13-15,20-21,31-33H,4-5,8-10H2,1-3H3,(H2,26,27,28,30). The van der Waals surface area contributed by atoms with Gasteiger partial charge in [-0.1, -0.05) is 0 Å². The molecular formula is C24H32N6O4S. The van der Waals surface area contributed by atoms with E-state index in [0.29, 0.717) is 30.6 Å². The Morgan fingerprint density at radius 3 is 2.69 bits per heavy atom. The molecule has 35 heavy (non-hydrogen) atoms. The zero-order valence-electron chi connectivity index (χ0n) is 20.1. The van der Waals surface area contributed by atoms with Crippen molar-refractivity contribution in [2.75, 3.05) is 30.9 Å². The molecule has 0 amide bonds. The fraction of sp³-hybridized carbons (Fsp3) is 0.583. The maximum Gasteiger partial charge on any atom is 0.224 e. The number of rotatable bonds is 9. The minimum absolute atomic E-state index is 0.0234. The summed E-state index contributed by atoms with van der Waals surface area (Å²) in [6.45, 7) is 4.20. The molecule has 2 saturated carbocycles. The molecule has 2 aliphatic carbocycles. The van der Waals surface area contributed by atoms with Crippen molar-refractivity contribution < 1.29 is 20.1 Å². The summed E-state index contributed by atoms with van der Waals surface area (Å²) in [5.41, 5.74) is 3.47. The van der Waals surface area contributed by atoms with Crippen molar-refractivity contribution in [3.05, 3.63) is 23.7 Å². The van der Waals surface area contributed by atoms with Crippen molar-refractivity contribution in [2.24, 2.45) is 5.92 Å². The average molecular weight is 501 g/mol. The van der Waals surface area contributed by atoms with Gasteiger partial charge in [-0.05, 0) is 39.2 Å². The third kappa shape index (κ3) is 4.83. The Morgan fingerprint density at radius 2 is 2.00 bits per heavy atom. The SMILES string of the molecule is COC(C)CNc1nc(C)c(-c2nc3c(C4CC4)nccc3s2)c(NC2CC(CO)C(O)C2O)n1. The zero-order chi connectivity index (χ0) is 24.7. The molecular weight excluding hydrogens is 468 g/mol. The molecule has 5 N–H and O–H groups in total. The summed E-state index contributed by atoms with van der Waals surface area (Å²) in [4.78, 5) is 19.0. The first-order valence-corrected chi connectivity index (χ1v) is 12.9. The van der Waals surface area contributed by atoms with Crippen molar-refractivity contribution in [3.63, 3.8) is 0 Å². The smallest absolute Gasteiger partial charge is 0.224 e. The molecule has 3 heterocycles. The second-order valence-electron chi connectivity index (χ2n) is 9.53. The topological polar surface area (TPSA) is 146 Å². The number of nitrogens with zero attached hydrogens (tertiary/aromatic N) is 4. The third-order valence-electron chi connectivity index (χ3n) is 6.91. The molecule has 3 aromatic rings. The summed E-state index contributed by atoms with van der Waals surface area (Å²) in [5.74, 6) is 1.04. The zero-order valence-corrected chi connectivity index (χ0v) is 20.9. The number of fused-ring (bicyclic) bond motifs is 1. The molecule has 11 heteroatoms. The van der Waals surface area contributed by atoms with E-state index < -0.39 is 24.2 Å². The van der Waals surface area contributed by atoms with Gasteiger partial charge in [-0.25, -0.2) is 9.97 Å². The van der Waals surface area contributed by atoms with Crippen LogP contribution in [0.3, 0.4) is 0 Å². The number of anilines is 2. The summed E-state index contributed by atoms with van der Waals surface area (Å²) in [5, 5.41) is 37.9. The number of aryl methyl sites for hydroxylation is 1. The van der Waals surface area contributed by atoms with Crippen molar-refractivity contribution in [1.82, 2.24) is 19.9 Å². The lowest BCUT2D eigenvalue weighted by molar-refractivity contribution is 0.00446. The van der Waals surface area contributed by atoms with Crippen LogP contribution in [0.5, 0.6) is 0 Å². The lowest BCUT2D eigenvalue weighted by Crippen LogP contribution is -2.35. The molecule has 2 aliphatic rings. The summed E-state index contributed by atoms with van der Waals surface area (Å²) in [7, 11) is 1.65. The first-order chi connectivity index (χ1) is 16.9. The van der Waals surface area contributed by atoms with E-state index >= 15 is 0 Å². The number of pyridine rings is 1. The minimum atomic E-state index is -1.03. The van der Waals surface area contributed by atoms with Gasteiger partial charge < -0.3 is 30.7 Å². The summed E-state index contributed by atoms with van der Waals surface area (Å²) in [6, 6.07) is 1.51. The molecule has 5 rings (SSSR count). The van der Waals surface area contributed by atoms with E-state index in [0.717, 1.165) is 45.0 Å². The number of aliphatic hydroxyl groups excluding tert-OH is 3. The van der Waals surface area contributed by atoms with E-state index in [-0.39, 0.29) is 12.7 Å². The van der Waals surface area contributed by atoms with Crippen LogP contribution in [0, 0.1) is 12.8 Å². The predicted octanol–water partition coefficient (Wildman–Crippen LogP) is 2.30. The Bertz CT molecular complexity index is 1200. The monoisotopic (exact) mass is 500 g/mol. The van der Waals surface area contributed by atoms with Gasteiger partial charge in [0.2, 0.25) is 5.95 Å². The van der Waals surface area contributed by atoms with Crippen LogP contribution in [0.4, 0.5) is 11.8 Å². The molecule has 0 aromatic carbocycles. The minimum Gasteiger partial charge on any atom is -0.396 e. The van der Waals surface area contributed by atoms with Gasteiger partial charge in [0.15, 0.2) is 0 Å². The van der Waals surface area contributed by atoms with Crippen LogP contribution in [0.2, 0.25) is 0 Å². The molecule has 0 spiro atoms. The highest BCUT2D eigenvalue weighted by Crippen LogP contribution is 2.44. The first kappa shape index (κ1) is 24.3. The van der Waals surface area contributed by atoms with E-state index in [1.807, 2.05) is 26.1 Å². The van der Waals surface area contributed by atoms with Crippen LogP contribution in [0.15, 0.2) is 12.3 Å². The maximum atomic E-state index is 10.6. The fourth-order valence-corrected chi connectivity index (χ4v) is 5.66. The quantitative estimate of drug-likeness (QED) is 0.297. The molecule has 2 fully saturated rings. The van der Waals surface area contributed by atoms with Crippen molar-refractivity contribution in [2.45, 2.75) is 63.4 Å². The van der Waals surface area contributed by atoms with Crippen molar-refractivity contribution >= 4 is 33.3 Å². The Hall–Kier alpha value is -2.44. The van der Waals surface area contributed by atoms with Gasteiger partial charge in [-0.15, -0.1) is 11.3 Å². The molecule has 5 unspecified atom stereocenters. The summed E-state index contributed by atoms with van der Waals surface area (Å²) < 4.78 is 6.38. The lowest BCUT2D eigenvalue weighted by atomic mass is 10.1. The van der Waals surface area contributed by atoms with Gasteiger partial charge in [0.1, 0.15) is 22.4 Å². The highest BCUT2D eigenvalue weighted by atomic mass is 32.1. The fourth-order valence-electron chi connectivity index (χ4n) is 4.59. The molecule has 3 aromatic heterocycles. The number of hydrogen-bond acceptors (Lipinski definition) is 11. The van der Waals surface area contributed by atoms with Gasteiger partial charge in [-0.3, -0.25) is 4.98 Å². The van der Waals surface area contributed by atoms with Crippen LogP contribution in [-0.4, -0.2) is 79.9 Å². The Balaban J connectivity index is 1.54. The number of thiazole rings is 1. The van der Waals surface area contributed by atoms with Crippen LogP contribution in [0.25, 0.3) is 20.8 Å². The third-order valence-corrected chi connectivity index (χ3v) is 7.95. The molecule has 5 atom stereocenters. The maximum absolute atomic E-state index is 10.6. The first-order valence-electron chi connectivity index (χ1n) is 12.0. The van der Waals surface area contributed by atoms with Crippen LogP contribution >= 0.6 is 11.3 Å². The largest absolute Gasteiger partial charge is 0.396 e. The van der Waals surface area contributed by atoms with Gasteiger partial charge in [0, 0.05) is 38.3 Å². The number of aliphatic hydroxyl groups is 3. The average Bonchev–Trinajstić information content (AvgIpc) is 3.55. The Labute approximate surface area is 207 Å². The number of aromatic nitrogens is 4. The van der Waals surface area contributed by atoms with E-state index in [4.69, 9.17) is 14.7 Å². The van der Waals surface area contributed by atoms with E-state index in [9.17, 15) is 15.3 Å². The Morgan fingerprint density at radius 1 is 1.20 bits per heavy atom. The second-order valence-corrected chi connectivity index (χ2v) is 10.6. The molecule has 188 valence electrons. The van der Waals surface area contributed by atoms with Crippen molar-refractivity contribution in [3.8, 4) is 10.6 Å². The second kappa shape index (κ2) is 9.90. The molecule has 0 aliphatic heterocycles. The van der Waals surface area contributed by atoms with Gasteiger partial charge >= 0.3 is 0 Å². The normalized spacial score (nSPS) is 25.2. The Kier molecular flexibility index (Phi) is 6.86. The highest BCUT2D eigenvalue weighted by molar-refractivity contribution is 7.21. The molecule has 0 saturated heterocycles.